The quantitative estimate of drug-likeness (QED) is 0.721. The summed E-state index contributed by atoms with van der Waals surface area (Å²) in [6, 6.07) is 9.10. The van der Waals surface area contributed by atoms with Crippen molar-refractivity contribution in [2.24, 2.45) is 0 Å². The van der Waals surface area contributed by atoms with Crippen LogP contribution in [-0.4, -0.2) is 50.0 Å². The van der Waals surface area contributed by atoms with Crippen molar-refractivity contribution in [1.29, 1.82) is 0 Å². The van der Waals surface area contributed by atoms with Crippen molar-refractivity contribution in [2.45, 2.75) is 24.5 Å². The highest BCUT2D eigenvalue weighted by Gasteiger charge is 2.33. The zero-order valence-corrected chi connectivity index (χ0v) is 15.2. The molecule has 1 aromatic carbocycles. The number of ether oxygens (including phenoxy) is 1. The summed E-state index contributed by atoms with van der Waals surface area (Å²) in [5, 5.41) is 0. The van der Waals surface area contributed by atoms with Gasteiger partial charge in [-0.05, 0) is 43.3 Å². The van der Waals surface area contributed by atoms with E-state index in [0.29, 0.717) is 12.4 Å². The number of nitrogens with zero attached hydrogens (tertiary/aromatic N) is 3. The lowest BCUT2D eigenvalue weighted by molar-refractivity contribution is -0.0498. The third-order valence-electron chi connectivity index (χ3n) is 4.27. The lowest BCUT2D eigenvalue weighted by atomic mass is 10.2. The van der Waals surface area contributed by atoms with Crippen LogP contribution in [0.2, 0.25) is 0 Å². The molecule has 146 valence electrons. The van der Waals surface area contributed by atoms with Gasteiger partial charge in [0.05, 0.1) is 4.90 Å². The van der Waals surface area contributed by atoms with E-state index in [1.54, 1.807) is 12.1 Å². The molecule has 0 saturated carbocycles. The molecule has 2 aromatic rings. The Morgan fingerprint density at radius 3 is 2.44 bits per heavy atom. The van der Waals surface area contributed by atoms with Gasteiger partial charge in [0.2, 0.25) is 16.0 Å². The van der Waals surface area contributed by atoms with Crippen LogP contribution in [0.25, 0.3) is 0 Å². The van der Waals surface area contributed by atoms with Crippen LogP contribution in [0.5, 0.6) is 5.75 Å². The van der Waals surface area contributed by atoms with Crippen LogP contribution in [0.1, 0.15) is 6.92 Å². The third kappa shape index (κ3) is 4.33. The van der Waals surface area contributed by atoms with Gasteiger partial charge < -0.3 is 9.64 Å². The van der Waals surface area contributed by atoms with E-state index in [1.807, 2.05) is 11.8 Å². The molecule has 0 radical (unpaired) electrons. The topological polar surface area (TPSA) is 62.7 Å². The molecular weight excluding hydrogens is 383 g/mol. The maximum absolute atomic E-state index is 13.3. The largest absolute Gasteiger partial charge is 0.435 e. The summed E-state index contributed by atoms with van der Waals surface area (Å²) >= 11 is 0. The van der Waals surface area contributed by atoms with E-state index >= 15 is 0 Å². The van der Waals surface area contributed by atoms with Gasteiger partial charge in [0.1, 0.15) is 11.6 Å². The first kappa shape index (κ1) is 19.4. The minimum Gasteiger partial charge on any atom is -0.435 e. The molecule has 1 unspecified atom stereocenters. The summed E-state index contributed by atoms with van der Waals surface area (Å²) in [6.07, 6.45) is 0. The molecule has 0 bridgehead atoms. The van der Waals surface area contributed by atoms with Crippen molar-refractivity contribution in [3.63, 3.8) is 0 Å². The molecular formula is C17H18F3N3O3S. The number of anilines is 1. The van der Waals surface area contributed by atoms with E-state index in [4.69, 9.17) is 0 Å². The molecule has 1 aliphatic heterocycles. The van der Waals surface area contributed by atoms with Crippen molar-refractivity contribution >= 4 is 15.8 Å². The number of benzene rings is 1. The lowest BCUT2D eigenvalue weighted by Gasteiger charge is -2.39. The molecule has 0 aliphatic carbocycles. The van der Waals surface area contributed by atoms with Gasteiger partial charge in [-0.25, -0.2) is 13.4 Å². The number of piperazine rings is 1. The predicted octanol–water partition coefficient (Wildman–Crippen LogP) is 2.72. The number of sulfonamides is 1. The standard InChI is InChI=1S/C17H18F3N3O3S/c1-12-11-22(9-10-23(12)16-4-2-3-15(18)21-16)27(24,25)14-7-5-13(6-8-14)26-17(19)20/h2-8,12,17H,9-11H2,1H3. The number of aromatic nitrogens is 1. The van der Waals surface area contributed by atoms with Gasteiger partial charge >= 0.3 is 6.61 Å². The Hall–Kier alpha value is -2.33. The van der Waals surface area contributed by atoms with E-state index in [-0.39, 0.29) is 29.8 Å². The van der Waals surface area contributed by atoms with Gasteiger partial charge in [-0.3, -0.25) is 0 Å². The molecule has 0 amide bonds. The Morgan fingerprint density at radius 1 is 1.15 bits per heavy atom. The van der Waals surface area contributed by atoms with E-state index in [9.17, 15) is 21.6 Å². The fraction of sp³-hybridized carbons (Fsp3) is 0.353. The molecule has 1 aliphatic rings. The maximum Gasteiger partial charge on any atom is 0.387 e. The van der Waals surface area contributed by atoms with E-state index in [2.05, 4.69) is 9.72 Å². The summed E-state index contributed by atoms with van der Waals surface area (Å²) in [4.78, 5) is 5.68. The molecule has 6 nitrogen and oxygen atoms in total. The molecule has 1 atom stereocenters. The highest BCUT2D eigenvalue weighted by molar-refractivity contribution is 7.89. The molecule has 3 rings (SSSR count). The second kappa shape index (κ2) is 7.73. The van der Waals surface area contributed by atoms with Crippen molar-refractivity contribution in [2.75, 3.05) is 24.5 Å². The maximum atomic E-state index is 13.3. The van der Waals surface area contributed by atoms with E-state index < -0.39 is 22.6 Å². The van der Waals surface area contributed by atoms with Gasteiger partial charge in [0.25, 0.3) is 0 Å². The smallest absolute Gasteiger partial charge is 0.387 e. The Labute approximate surface area is 155 Å². The highest BCUT2D eigenvalue weighted by Crippen LogP contribution is 2.25. The minimum atomic E-state index is -3.78. The molecule has 2 heterocycles. The highest BCUT2D eigenvalue weighted by atomic mass is 32.2. The van der Waals surface area contributed by atoms with Crippen LogP contribution >= 0.6 is 0 Å². The monoisotopic (exact) mass is 401 g/mol. The SMILES string of the molecule is CC1CN(S(=O)(=O)c2ccc(OC(F)F)cc2)CCN1c1cccc(F)n1. The Bertz CT molecular complexity index is 894. The van der Waals surface area contributed by atoms with Crippen molar-refractivity contribution in [3.05, 3.63) is 48.4 Å². The van der Waals surface area contributed by atoms with Crippen LogP contribution in [0.15, 0.2) is 47.4 Å². The van der Waals surface area contributed by atoms with Crippen LogP contribution in [0.3, 0.4) is 0 Å². The normalized spacial score (nSPS) is 18.7. The lowest BCUT2D eigenvalue weighted by Crippen LogP contribution is -2.53. The average molecular weight is 401 g/mol. The minimum absolute atomic E-state index is 0.00588. The molecule has 1 aromatic heterocycles. The number of rotatable bonds is 5. The number of pyridine rings is 1. The van der Waals surface area contributed by atoms with Crippen LogP contribution < -0.4 is 9.64 Å². The number of halogens is 3. The van der Waals surface area contributed by atoms with Gasteiger partial charge in [-0.1, -0.05) is 6.07 Å². The summed E-state index contributed by atoms with van der Waals surface area (Å²) in [5.41, 5.74) is 0. The van der Waals surface area contributed by atoms with Crippen molar-refractivity contribution in [3.8, 4) is 5.75 Å². The van der Waals surface area contributed by atoms with Crippen molar-refractivity contribution < 1.29 is 26.3 Å². The van der Waals surface area contributed by atoms with Crippen LogP contribution in [-0.2, 0) is 10.0 Å². The van der Waals surface area contributed by atoms with Crippen LogP contribution in [0.4, 0.5) is 19.0 Å². The molecule has 10 heteroatoms. The zero-order valence-electron chi connectivity index (χ0n) is 14.4. The fourth-order valence-electron chi connectivity index (χ4n) is 2.98. The third-order valence-corrected chi connectivity index (χ3v) is 6.15. The van der Waals surface area contributed by atoms with Gasteiger partial charge in [-0.15, -0.1) is 0 Å². The van der Waals surface area contributed by atoms with Gasteiger partial charge in [0.15, 0.2) is 0 Å². The summed E-state index contributed by atoms with van der Waals surface area (Å²) < 4.78 is 68.9. The molecule has 0 spiro atoms. The van der Waals surface area contributed by atoms with Crippen molar-refractivity contribution in [1.82, 2.24) is 9.29 Å². The first-order valence-electron chi connectivity index (χ1n) is 8.21. The molecule has 27 heavy (non-hydrogen) atoms. The number of alkyl halides is 2. The zero-order chi connectivity index (χ0) is 19.6. The summed E-state index contributed by atoms with van der Waals surface area (Å²) in [6.45, 7) is -0.412. The van der Waals surface area contributed by atoms with Crippen LogP contribution in [0, 0.1) is 5.95 Å². The Kier molecular flexibility index (Phi) is 5.56. The molecule has 0 N–H and O–H groups in total. The summed E-state index contributed by atoms with van der Waals surface area (Å²) in [5.74, 6) is -0.256. The Balaban J connectivity index is 1.73. The predicted molar refractivity (Wildman–Crippen MR) is 92.8 cm³/mol. The number of hydrogen-bond acceptors (Lipinski definition) is 5. The average Bonchev–Trinajstić information content (AvgIpc) is 2.61. The number of hydrogen-bond donors (Lipinski definition) is 0. The van der Waals surface area contributed by atoms with E-state index in [0.717, 1.165) is 0 Å². The second-order valence-corrected chi connectivity index (χ2v) is 8.01. The van der Waals surface area contributed by atoms with E-state index in [1.165, 1.54) is 34.6 Å². The fourth-order valence-corrected chi connectivity index (χ4v) is 4.49. The molecule has 1 fully saturated rings. The first-order valence-corrected chi connectivity index (χ1v) is 9.65. The second-order valence-electron chi connectivity index (χ2n) is 6.07. The van der Waals surface area contributed by atoms with Gasteiger partial charge in [0, 0.05) is 25.7 Å². The van der Waals surface area contributed by atoms with Gasteiger partial charge in [-0.2, -0.15) is 17.5 Å². The Morgan fingerprint density at radius 2 is 1.85 bits per heavy atom. The first-order chi connectivity index (χ1) is 12.8. The molecule has 1 saturated heterocycles. The summed E-state index contributed by atoms with van der Waals surface area (Å²) in [7, 11) is -3.78.